The Balaban J connectivity index is 2.16. The first-order valence-corrected chi connectivity index (χ1v) is 6.45. The number of allylic oxidation sites excluding steroid dienone is 1. The minimum atomic E-state index is -0.151. The third kappa shape index (κ3) is 6.41. The first-order valence-electron chi connectivity index (χ1n) is 6.45. The largest absolute Gasteiger partial charge is 0.356 e. The maximum absolute atomic E-state index is 11.7. The second-order valence-corrected chi connectivity index (χ2v) is 4.08. The van der Waals surface area contributed by atoms with Gasteiger partial charge in [-0.15, -0.1) is 0 Å². The molecular formula is C15H20N2O2. The minimum absolute atomic E-state index is 0.0436. The summed E-state index contributed by atoms with van der Waals surface area (Å²) in [5, 5.41) is 5.51. The molecule has 1 rings (SSSR count). The van der Waals surface area contributed by atoms with Crippen LogP contribution < -0.4 is 10.6 Å². The quantitative estimate of drug-likeness (QED) is 0.581. The van der Waals surface area contributed by atoms with Gasteiger partial charge in [-0.1, -0.05) is 30.4 Å². The predicted molar refractivity (Wildman–Crippen MR) is 75.8 cm³/mol. The van der Waals surface area contributed by atoms with Crippen LogP contribution in [0.1, 0.15) is 30.1 Å². The molecule has 1 aromatic carbocycles. The van der Waals surface area contributed by atoms with E-state index in [1.54, 1.807) is 12.1 Å². The number of carbonyl (C=O) groups excluding carboxylic acids is 2. The van der Waals surface area contributed by atoms with Crippen molar-refractivity contribution in [2.75, 3.05) is 13.1 Å². The SMILES string of the molecule is C/C=C/CCNC(=O)CCNC(=O)c1ccccc1. The summed E-state index contributed by atoms with van der Waals surface area (Å²) in [6.07, 6.45) is 5.08. The zero-order valence-electron chi connectivity index (χ0n) is 11.2. The van der Waals surface area contributed by atoms with Gasteiger partial charge in [-0.25, -0.2) is 0 Å². The fourth-order valence-electron chi connectivity index (χ4n) is 1.53. The lowest BCUT2D eigenvalue weighted by molar-refractivity contribution is -0.120. The van der Waals surface area contributed by atoms with E-state index in [0.29, 0.717) is 25.1 Å². The van der Waals surface area contributed by atoms with E-state index in [1.165, 1.54) is 0 Å². The summed E-state index contributed by atoms with van der Waals surface area (Å²) in [6.45, 7) is 2.93. The van der Waals surface area contributed by atoms with Crippen LogP contribution in [0.4, 0.5) is 0 Å². The first kappa shape index (κ1) is 15.0. The fourth-order valence-corrected chi connectivity index (χ4v) is 1.53. The van der Waals surface area contributed by atoms with Crippen molar-refractivity contribution >= 4 is 11.8 Å². The molecule has 0 fully saturated rings. The van der Waals surface area contributed by atoms with Crippen LogP contribution in [0.25, 0.3) is 0 Å². The van der Waals surface area contributed by atoms with Crippen LogP contribution in [0.2, 0.25) is 0 Å². The van der Waals surface area contributed by atoms with Crippen LogP contribution >= 0.6 is 0 Å². The smallest absolute Gasteiger partial charge is 0.251 e. The highest BCUT2D eigenvalue weighted by Gasteiger charge is 2.05. The lowest BCUT2D eigenvalue weighted by Crippen LogP contribution is -2.31. The summed E-state index contributed by atoms with van der Waals surface area (Å²) in [6, 6.07) is 8.96. The van der Waals surface area contributed by atoms with Crippen LogP contribution in [-0.4, -0.2) is 24.9 Å². The Morgan fingerprint density at radius 2 is 1.84 bits per heavy atom. The molecule has 19 heavy (non-hydrogen) atoms. The van der Waals surface area contributed by atoms with Gasteiger partial charge in [0.05, 0.1) is 0 Å². The van der Waals surface area contributed by atoms with Gasteiger partial charge in [0.25, 0.3) is 5.91 Å². The van der Waals surface area contributed by atoms with Gasteiger partial charge >= 0.3 is 0 Å². The molecule has 0 radical (unpaired) electrons. The number of carbonyl (C=O) groups is 2. The van der Waals surface area contributed by atoms with Gasteiger partial charge in [-0.2, -0.15) is 0 Å². The Bertz CT molecular complexity index is 427. The Labute approximate surface area is 113 Å². The number of rotatable bonds is 7. The normalized spacial score (nSPS) is 10.4. The zero-order chi connectivity index (χ0) is 13.9. The van der Waals surface area contributed by atoms with E-state index >= 15 is 0 Å². The first-order chi connectivity index (χ1) is 9.24. The molecule has 2 N–H and O–H groups in total. The maximum Gasteiger partial charge on any atom is 0.251 e. The van der Waals surface area contributed by atoms with Gasteiger partial charge < -0.3 is 10.6 Å². The molecule has 0 aliphatic carbocycles. The van der Waals surface area contributed by atoms with E-state index in [0.717, 1.165) is 6.42 Å². The summed E-state index contributed by atoms with van der Waals surface area (Å²) in [5.41, 5.74) is 0.607. The summed E-state index contributed by atoms with van der Waals surface area (Å²) in [7, 11) is 0. The van der Waals surface area contributed by atoms with Crippen LogP contribution in [0.3, 0.4) is 0 Å². The average molecular weight is 260 g/mol. The molecule has 2 amide bonds. The highest BCUT2D eigenvalue weighted by atomic mass is 16.2. The number of hydrogen-bond donors (Lipinski definition) is 2. The van der Waals surface area contributed by atoms with Gasteiger partial charge in [0, 0.05) is 25.1 Å². The highest BCUT2D eigenvalue weighted by molar-refractivity contribution is 5.94. The number of amides is 2. The Hall–Kier alpha value is -2.10. The number of benzene rings is 1. The van der Waals surface area contributed by atoms with E-state index < -0.39 is 0 Å². The van der Waals surface area contributed by atoms with E-state index in [9.17, 15) is 9.59 Å². The monoisotopic (exact) mass is 260 g/mol. The Morgan fingerprint density at radius 1 is 1.11 bits per heavy atom. The fraction of sp³-hybridized carbons (Fsp3) is 0.333. The summed E-state index contributed by atoms with van der Waals surface area (Å²) in [4.78, 5) is 23.1. The van der Waals surface area contributed by atoms with Crippen LogP contribution in [-0.2, 0) is 4.79 Å². The van der Waals surface area contributed by atoms with Crippen molar-refractivity contribution in [1.82, 2.24) is 10.6 Å². The molecule has 0 spiro atoms. The molecule has 0 saturated carbocycles. The third-order valence-electron chi connectivity index (χ3n) is 2.54. The molecule has 0 bridgehead atoms. The standard InChI is InChI=1S/C15H20N2O2/c1-2-3-7-11-16-14(18)10-12-17-15(19)13-8-5-4-6-9-13/h2-6,8-9H,7,10-12H2,1H3,(H,16,18)(H,17,19)/b3-2+. The summed E-state index contributed by atoms with van der Waals surface area (Å²) >= 11 is 0. The topological polar surface area (TPSA) is 58.2 Å². The molecule has 0 atom stereocenters. The van der Waals surface area contributed by atoms with Gasteiger partial charge in [-0.3, -0.25) is 9.59 Å². The Morgan fingerprint density at radius 3 is 2.53 bits per heavy atom. The molecule has 4 heteroatoms. The second-order valence-electron chi connectivity index (χ2n) is 4.08. The molecule has 102 valence electrons. The van der Waals surface area contributed by atoms with Crippen molar-refractivity contribution in [3.8, 4) is 0 Å². The average Bonchev–Trinajstić information content (AvgIpc) is 2.44. The summed E-state index contributed by atoms with van der Waals surface area (Å²) in [5.74, 6) is -0.194. The van der Waals surface area contributed by atoms with E-state index in [2.05, 4.69) is 10.6 Å². The van der Waals surface area contributed by atoms with Crippen molar-refractivity contribution in [1.29, 1.82) is 0 Å². The molecule has 0 heterocycles. The zero-order valence-corrected chi connectivity index (χ0v) is 11.2. The molecule has 0 aromatic heterocycles. The van der Waals surface area contributed by atoms with Crippen LogP contribution in [0, 0.1) is 0 Å². The molecule has 0 unspecified atom stereocenters. The number of nitrogens with one attached hydrogen (secondary N) is 2. The predicted octanol–water partition coefficient (Wildman–Crippen LogP) is 1.89. The van der Waals surface area contributed by atoms with E-state index in [-0.39, 0.29) is 11.8 Å². The molecule has 0 aliphatic heterocycles. The summed E-state index contributed by atoms with van der Waals surface area (Å²) < 4.78 is 0. The second kappa shape index (κ2) is 8.91. The lowest BCUT2D eigenvalue weighted by atomic mass is 10.2. The van der Waals surface area contributed by atoms with Gasteiger partial charge in [0.1, 0.15) is 0 Å². The lowest BCUT2D eigenvalue weighted by Gasteiger charge is -2.06. The molecule has 1 aromatic rings. The molecule has 0 saturated heterocycles. The van der Waals surface area contributed by atoms with Crippen molar-refractivity contribution in [3.05, 3.63) is 48.0 Å². The minimum Gasteiger partial charge on any atom is -0.356 e. The van der Waals surface area contributed by atoms with E-state index in [1.807, 2.05) is 37.3 Å². The van der Waals surface area contributed by atoms with Gasteiger partial charge in [0.2, 0.25) is 5.91 Å². The Kier molecular flexibility index (Phi) is 7.02. The van der Waals surface area contributed by atoms with Crippen LogP contribution in [0.15, 0.2) is 42.5 Å². The van der Waals surface area contributed by atoms with Gasteiger partial charge in [-0.05, 0) is 25.5 Å². The van der Waals surface area contributed by atoms with Crippen molar-refractivity contribution < 1.29 is 9.59 Å². The molecule has 0 aliphatic rings. The van der Waals surface area contributed by atoms with Crippen molar-refractivity contribution in [3.63, 3.8) is 0 Å². The maximum atomic E-state index is 11.7. The van der Waals surface area contributed by atoms with E-state index in [4.69, 9.17) is 0 Å². The molecule has 4 nitrogen and oxygen atoms in total. The third-order valence-corrected chi connectivity index (χ3v) is 2.54. The van der Waals surface area contributed by atoms with Crippen molar-refractivity contribution in [2.24, 2.45) is 0 Å². The van der Waals surface area contributed by atoms with Crippen LogP contribution in [0.5, 0.6) is 0 Å². The molecular weight excluding hydrogens is 240 g/mol. The number of hydrogen-bond acceptors (Lipinski definition) is 2. The highest BCUT2D eigenvalue weighted by Crippen LogP contribution is 1.97. The van der Waals surface area contributed by atoms with Gasteiger partial charge in [0.15, 0.2) is 0 Å². The van der Waals surface area contributed by atoms with Crippen molar-refractivity contribution in [2.45, 2.75) is 19.8 Å².